The lowest BCUT2D eigenvalue weighted by Gasteiger charge is -2.36. The van der Waals surface area contributed by atoms with Crippen LogP contribution in [-0.4, -0.2) is 54.0 Å². The van der Waals surface area contributed by atoms with Gasteiger partial charge in [-0.25, -0.2) is 4.79 Å². The Labute approximate surface area is 173 Å². The highest BCUT2D eigenvalue weighted by Gasteiger charge is 2.24. The zero-order valence-corrected chi connectivity index (χ0v) is 16.3. The standard InChI is InChI=1S/C21H20ClN3O4/c22-15-5-7-16(8-6-15)24-11-13-25(14-12-24)21(29)17-3-1-2-4-18(17)23-19(26)9-10-20(27)28/h1-10H,11-14H2,(H,23,26)(H,27,28)/b10-9-. The maximum Gasteiger partial charge on any atom is 0.328 e. The third-order valence-corrected chi connectivity index (χ3v) is 4.80. The van der Waals surface area contributed by atoms with Crippen LogP contribution >= 0.6 is 11.6 Å². The molecule has 0 aliphatic carbocycles. The predicted molar refractivity (Wildman–Crippen MR) is 111 cm³/mol. The van der Waals surface area contributed by atoms with Crippen LogP contribution in [0.25, 0.3) is 0 Å². The molecule has 0 radical (unpaired) electrons. The van der Waals surface area contributed by atoms with Crippen molar-refractivity contribution >= 4 is 40.8 Å². The first-order valence-corrected chi connectivity index (χ1v) is 9.42. The summed E-state index contributed by atoms with van der Waals surface area (Å²) in [5, 5.41) is 11.9. The molecule has 1 heterocycles. The number of hydrogen-bond acceptors (Lipinski definition) is 4. The molecule has 1 fully saturated rings. The minimum Gasteiger partial charge on any atom is -0.478 e. The zero-order chi connectivity index (χ0) is 20.8. The Balaban J connectivity index is 1.66. The number of rotatable bonds is 5. The van der Waals surface area contributed by atoms with Crippen LogP contribution in [0.5, 0.6) is 0 Å². The SMILES string of the molecule is O=C(O)/C=C\C(=O)Nc1ccccc1C(=O)N1CCN(c2ccc(Cl)cc2)CC1. The summed E-state index contributed by atoms with van der Waals surface area (Å²) in [6, 6.07) is 14.3. The lowest BCUT2D eigenvalue weighted by atomic mass is 10.1. The van der Waals surface area contributed by atoms with Gasteiger partial charge in [0.05, 0.1) is 11.3 Å². The van der Waals surface area contributed by atoms with E-state index in [9.17, 15) is 14.4 Å². The third kappa shape index (κ3) is 5.36. The summed E-state index contributed by atoms with van der Waals surface area (Å²) < 4.78 is 0. The monoisotopic (exact) mass is 413 g/mol. The van der Waals surface area contributed by atoms with Crippen molar-refractivity contribution in [2.24, 2.45) is 0 Å². The minimum atomic E-state index is -1.22. The second-order valence-electron chi connectivity index (χ2n) is 6.46. The fraction of sp³-hybridized carbons (Fsp3) is 0.190. The Kier molecular flexibility index (Phi) is 6.51. The van der Waals surface area contributed by atoms with E-state index in [1.807, 2.05) is 24.3 Å². The summed E-state index contributed by atoms with van der Waals surface area (Å²) in [5.74, 6) is -2.01. The summed E-state index contributed by atoms with van der Waals surface area (Å²) in [7, 11) is 0. The van der Waals surface area contributed by atoms with Gasteiger partial charge in [-0.05, 0) is 36.4 Å². The summed E-state index contributed by atoms with van der Waals surface area (Å²) in [6.45, 7) is 2.46. The van der Waals surface area contributed by atoms with Crippen molar-refractivity contribution in [3.05, 3.63) is 71.3 Å². The number of aliphatic carboxylic acids is 1. The normalized spacial score (nSPS) is 14.1. The van der Waals surface area contributed by atoms with E-state index in [-0.39, 0.29) is 5.91 Å². The lowest BCUT2D eigenvalue weighted by Crippen LogP contribution is -2.48. The quantitative estimate of drug-likeness (QED) is 0.735. The largest absolute Gasteiger partial charge is 0.478 e. The minimum absolute atomic E-state index is 0.182. The molecule has 2 aromatic rings. The molecular formula is C21H20ClN3O4. The third-order valence-electron chi connectivity index (χ3n) is 4.55. The van der Waals surface area contributed by atoms with Crippen molar-refractivity contribution in [1.82, 2.24) is 4.90 Å². The van der Waals surface area contributed by atoms with Gasteiger partial charge >= 0.3 is 5.97 Å². The number of nitrogens with one attached hydrogen (secondary N) is 1. The molecule has 150 valence electrons. The van der Waals surface area contributed by atoms with Crippen LogP contribution in [0.4, 0.5) is 11.4 Å². The van der Waals surface area contributed by atoms with Gasteiger partial charge in [0.1, 0.15) is 0 Å². The number of nitrogens with zero attached hydrogens (tertiary/aromatic N) is 2. The fourth-order valence-electron chi connectivity index (χ4n) is 3.09. The van der Waals surface area contributed by atoms with Crippen LogP contribution in [0.3, 0.4) is 0 Å². The summed E-state index contributed by atoms with van der Waals surface area (Å²) in [4.78, 5) is 39.3. The topological polar surface area (TPSA) is 89.9 Å². The van der Waals surface area contributed by atoms with Crippen LogP contribution in [0, 0.1) is 0 Å². The van der Waals surface area contributed by atoms with E-state index in [0.717, 1.165) is 17.8 Å². The van der Waals surface area contributed by atoms with Crippen molar-refractivity contribution in [2.75, 3.05) is 36.4 Å². The van der Waals surface area contributed by atoms with Crippen LogP contribution in [0.15, 0.2) is 60.7 Å². The highest BCUT2D eigenvalue weighted by atomic mass is 35.5. The first kappa shape index (κ1) is 20.4. The van der Waals surface area contributed by atoms with Gasteiger partial charge in [0, 0.05) is 49.0 Å². The van der Waals surface area contributed by atoms with Gasteiger partial charge in [0.2, 0.25) is 5.91 Å². The van der Waals surface area contributed by atoms with E-state index in [2.05, 4.69) is 10.2 Å². The van der Waals surface area contributed by atoms with Crippen LogP contribution in [-0.2, 0) is 9.59 Å². The molecule has 1 aliphatic heterocycles. The average molecular weight is 414 g/mol. The molecule has 7 nitrogen and oxygen atoms in total. The fourth-order valence-corrected chi connectivity index (χ4v) is 3.22. The molecule has 8 heteroatoms. The van der Waals surface area contributed by atoms with Crippen LogP contribution in [0.1, 0.15) is 10.4 Å². The first-order chi connectivity index (χ1) is 13.9. The number of carbonyl (C=O) groups is 3. The molecule has 1 aliphatic rings. The molecule has 0 aromatic heterocycles. The second-order valence-corrected chi connectivity index (χ2v) is 6.90. The van der Waals surface area contributed by atoms with E-state index in [1.165, 1.54) is 0 Å². The number of carboxylic acids is 1. The molecule has 3 rings (SSSR count). The molecule has 0 spiro atoms. The van der Waals surface area contributed by atoms with E-state index in [4.69, 9.17) is 16.7 Å². The van der Waals surface area contributed by atoms with E-state index in [1.54, 1.807) is 29.2 Å². The molecular weight excluding hydrogens is 394 g/mol. The van der Waals surface area contributed by atoms with Gasteiger partial charge in [-0.1, -0.05) is 23.7 Å². The highest BCUT2D eigenvalue weighted by Crippen LogP contribution is 2.22. The number of carboxylic acid groups (broad SMARTS) is 1. The molecule has 2 N–H and O–H groups in total. The average Bonchev–Trinajstić information content (AvgIpc) is 2.73. The molecule has 0 saturated carbocycles. The van der Waals surface area contributed by atoms with Gasteiger partial charge in [-0.3, -0.25) is 9.59 Å². The maximum absolute atomic E-state index is 13.0. The Hall–Kier alpha value is -3.32. The highest BCUT2D eigenvalue weighted by molar-refractivity contribution is 6.30. The lowest BCUT2D eigenvalue weighted by molar-refractivity contribution is -0.131. The Morgan fingerprint density at radius 3 is 2.24 bits per heavy atom. The van der Waals surface area contributed by atoms with Crippen molar-refractivity contribution in [1.29, 1.82) is 0 Å². The second kappa shape index (κ2) is 9.25. The molecule has 0 unspecified atom stereocenters. The maximum atomic E-state index is 13.0. The number of halogens is 1. The molecule has 1 saturated heterocycles. The number of anilines is 2. The summed E-state index contributed by atoms with van der Waals surface area (Å²) in [5.41, 5.74) is 1.77. The van der Waals surface area contributed by atoms with Crippen molar-refractivity contribution in [3.63, 3.8) is 0 Å². The van der Waals surface area contributed by atoms with Gasteiger partial charge in [0.25, 0.3) is 5.91 Å². The molecule has 2 amide bonds. The number of piperazine rings is 1. The number of carbonyl (C=O) groups excluding carboxylic acids is 2. The number of hydrogen-bond donors (Lipinski definition) is 2. The summed E-state index contributed by atoms with van der Waals surface area (Å²) >= 11 is 5.93. The van der Waals surface area contributed by atoms with E-state index >= 15 is 0 Å². The number of para-hydroxylation sites is 1. The van der Waals surface area contributed by atoms with Gasteiger partial charge < -0.3 is 20.2 Å². The van der Waals surface area contributed by atoms with Crippen molar-refractivity contribution < 1.29 is 19.5 Å². The van der Waals surface area contributed by atoms with E-state index in [0.29, 0.717) is 42.5 Å². The smallest absolute Gasteiger partial charge is 0.328 e. The zero-order valence-electron chi connectivity index (χ0n) is 15.5. The Bertz CT molecular complexity index is 935. The van der Waals surface area contributed by atoms with Gasteiger partial charge in [0.15, 0.2) is 0 Å². The number of amides is 2. The van der Waals surface area contributed by atoms with Gasteiger partial charge in [-0.15, -0.1) is 0 Å². The molecule has 0 atom stereocenters. The van der Waals surface area contributed by atoms with Crippen LogP contribution < -0.4 is 10.2 Å². The molecule has 0 bridgehead atoms. The van der Waals surface area contributed by atoms with Crippen molar-refractivity contribution in [3.8, 4) is 0 Å². The van der Waals surface area contributed by atoms with Crippen molar-refractivity contribution in [2.45, 2.75) is 0 Å². The Morgan fingerprint density at radius 1 is 0.931 bits per heavy atom. The molecule has 29 heavy (non-hydrogen) atoms. The van der Waals surface area contributed by atoms with E-state index < -0.39 is 11.9 Å². The first-order valence-electron chi connectivity index (χ1n) is 9.05. The number of benzene rings is 2. The predicted octanol–water partition coefficient (Wildman–Crippen LogP) is 2.88. The molecule has 2 aromatic carbocycles. The van der Waals surface area contributed by atoms with Crippen LogP contribution in [0.2, 0.25) is 5.02 Å². The summed E-state index contributed by atoms with van der Waals surface area (Å²) in [6.07, 6.45) is 1.66. The Morgan fingerprint density at radius 2 is 1.59 bits per heavy atom. The van der Waals surface area contributed by atoms with Gasteiger partial charge in [-0.2, -0.15) is 0 Å².